The van der Waals surface area contributed by atoms with Gasteiger partial charge in [0, 0.05) is 32.0 Å². The largest absolute Gasteiger partial charge is 0.376 e. The van der Waals surface area contributed by atoms with E-state index in [1.807, 2.05) is 12.5 Å². The van der Waals surface area contributed by atoms with Crippen molar-refractivity contribution >= 4 is 5.96 Å². The number of nitrogens with one attached hydrogen (secondary N) is 1. The summed E-state index contributed by atoms with van der Waals surface area (Å²) >= 11 is 0. The van der Waals surface area contributed by atoms with Gasteiger partial charge < -0.3 is 24.3 Å². The zero-order chi connectivity index (χ0) is 16.8. The van der Waals surface area contributed by atoms with E-state index in [0.717, 1.165) is 32.0 Å². The molecule has 1 aromatic heterocycles. The summed E-state index contributed by atoms with van der Waals surface area (Å²) in [5.41, 5.74) is 0. The summed E-state index contributed by atoms with van der Waals surface area (Å²) in [7, 11) is 0. The Kier molecular flexibility index (Phi) is 6.09. The van der Waals surface area contributed by atoms with Crippen LogP contribution in [0.2, 0.25) is 0 Å². The Morgan fingerprint density at radius 1 is 1.42 bits per heavy atom. The molecule has 0 saturated carbocycles. The Morgan fingerprint density at radius 3 is 3.04 bits per heavy atom. The Labute approximate surface area is 144 Å². The van der Waals surface area contributed by atoms with Crippen LogP contribution in [-0.4, -0.2) is 72.5 Å². The molecule has 24 heavy (non-hydrogen) atoms. The van der Waals surface area contributed by atoms with Crippen LogP contribution < -0.4 is 5.32 Å². The van der Waals surface area contributed by atoms with Crippen molar-refractivity contribution in [2.45, 2.75) is 32.4 Å². The smallest absolute Gasteiger partial charge is 0.194 e. The molecule has 1 aromatic rings. The minimum Gasteiger partial charge on any atom is -0.376 e. The summed E-state index contributed by atoms with van der Waals surface area (Å²) in [4.78, 5) is 11.4. The van der Waals surface area contributed by atoms with Crippen LogP contribution in [0.25, 0.3) is 0 Å². The summed E-state index contributed by atoms with van der Waals surface area (Å²) < 4.78 is 13.4. The highest BCUT2D eigenvalue weighted by molar-refractivity contribution is 5.80. The molecular formula is C17H29N5O2. The third kappa shape index (κ3) is 4.27. The van der Waals surface area contributed by atoms with E-state index in [4.69, 9.17) is 14.5 Å². The Hall–Kier alpha value is -1.60. The second-order valence-corrected chi connectivity index (χ2v) is 6.55. The number of aromatic nitrogens is 2. The first-order valence-corrected chi connectivity index (χ1v) is 8.98. The van der Waals surface area contributed by atoms with Crippen molar-refractivity contribution in [2.24, 2.45) is 10.9 Å². The Balaban J connectivity index is 1.65. The molecule has 1 N–H and O–H groups in total. The third-order valence-corrected chi connectivity index (χ3v) is 4.79. The van der Waals surface area contributed by atoms with E-state index in [1.54, 1.807) is 0 Å². The van der Waals surface area contributed by atoms with Crippen LogP contribution in [0.1, 0.15) is 26.3 Å². The summed E-state index contributed by atoms with van der Waals surface area (Å²) in [6.07, 6.45) is 7.05. The van der Waals surface area contributed by atoms with Crippen LogP contribution in [0.4, 0.5) is 0 Å². The van der Waals surface area contributed by atoms with Crippen molar-refractivity contribution in [1.29, 1.82) is 0 Å². The van der Waals surface area contributed by atoms with Gasteiger partial charge in [-0.1, -0.05) is 6.92 Å². The second kappa shape index (κ2) is 8.48. The minimum absolute atomic E-state index is 0.0700. The lowest BCUT2D eigenvalue weighted by Crippen LogP contribution is -2.49. The average Bonchev–Trinajstić information content (AvgIpc) is 3.14. The van der Waals surface area contributed by atoms with Gasteiger partial charge in [-0.15, -0.1) is 0 Å². The van der Waals surface area contributed by atoms with Gasteiger partial charge in [0.1, 0.15) is 6.10 Å². The summed E-state index contributed by atoms with van der Waals surface area (Å²) in [6, 6.07) is 0.430. The van der Waals surface area contributed by atoms with Crippen LogP contribution in [0.15, 0.2) is 23.7 Å². The second-order valence-electron chi connectivity index (χ2n) is 6.55. The van der Waals surface area contributed by atoms with Gasteiger partial charge in [-0.3, -0.25) is 4.99 Å². The van der Waals surface area contributed by atoms with Gasteiger partial charge in [0.05, 0.1) is 38.7 Å². The average molecular weight is 335 g/mol. The summed E-state index contributed by atoms with van der Waals surface area (Å²) in [5, 5.41) is 3.43. The van der Waals surface area contributed by atoms with E-state index in [1.165, 1.54) is 0 Å². The van der Waals surface area contributed by atoms with Gasteiger partial charge in [-0.05, 0) is 19.3 Å². The quantitative estimate of drug-likeness (QED) is 0.660. The molecule has 2 aliphatic heterocycles. The highest BCUT2D eigenvalue weighted by Crippen LogP contribution is 2.27. The minimum atomic E-state index is 0.0700. The number of hydrogen-bond donors (Lipinski definition) is 1. The van der Waals surface area contributed by atoms with E-state index in [9.17, 15) is 0 Å². The number of aliphatic imine (C=N–C) groups is 1. The molecule has 3 unspecified atom stereocenters. The topological polar surface area (TPSA) is 63.9 Å². The van der Waals surface area contributed by atoms with Gasteiger partial charge >= 0.3 is 0 Å². The number of ether oxygens (including phenoxy) is 2. The molecule has 2 saturated heterocycles. The highest BCUT2D eigenvalue weighted by Gasteiger charge is 2.29. The van der Waals surface area contributed by atoms with E-state index in [0.29, 0.717) is 38.3 Å². The Bertz CT molecular complexity index is 513. The van der Waals surface area contributed by atoms with Gasteiger partial charge in [0.2, 0.25) is 0 Å². The van der Waals surface area contributed by atoms with Gasteiger partial charge in [-0.25, -0.2) is 4.98 Å². The van der Waals surface area contributed by atoms with Crippen LogP contribution >= 0.6 is 0 Å². The monoisotopic (exact) mass is 335 g/mol. The molecular weight excluding hydrogens is 306 g/mol. The molecule has 0 amide bonds. The van der Waals surface area contributed by atoms with Crippen LogP contribution in [0, 0.1) is 5.92 Å². The van der Waals surface area contributed by atoms with Crippen molar-refractivity contribution in [3.05, 3.63) is 18.7 Å². The van der Waals surface area contributed by atoms with Crippen molar-refractivity contribution < 1.29 is 9.47 Å². The maximum Gasteiger partial charge on any atom is 0.194 e. The summed E-state index contributed by atoms with van der Waals surface area (Å²) in [6.45, 7) is 9.91. The third-order valence-electron chi connectivity index (χ3n) is 4.79. The van der Waals surface area contributed by atoms with Crippen LogP contribution in [0.3, 0.4) is 0 Å². The molecule has 3 heterocycles. The predicted molar refractivity (Wildman–Crippen MR) is 93.2 cm³/mol. The molecule has 2 aliphatic rings. The zero-order valence-corrected chi connectivity index (χ0v) is 14.7. The molecule has 0 aliphatic carbocycles. The van der Waals surface area contributed by atoms with Crippen molar-refractivity contribution in [3.8, 4) is 0 Å². The normalized spacial score (nSPS) is 28.8. The van der Waals surface area contributed by atoms with E-state index in [2.05, 4.69) is 39.8 Å². The maximum atomic E-state index is 5.70. The number of piperidine rings is 1. The van der Waals surface area contributed by atoms with Crippen LogP contribution in [-0.2, 0) is 9.47 Å². The van der Waals surface area contributed by atoms with Gasteiger partial charge in [0.15, 0.2) is 5.96 Å². The van der Waals surface area contributed by atoms with E-state index in [-0.39, 0.29) is 6.10 Å². The molecule has 3 rings (SSSR count). The first-order valence-electron chi connectivity index (χ1n) is 8.98. The number of guanidine groups is 1. The molecule has 0 bridgehead atoms. The SMILES string of the molecule is CCNC(=NCC1COCCO1)N1CCC(C)C(n2ccnc2)C1. The first kappa shape index (κ1) is 17.2. The number of imidazole rings is 1. The molecule has 0 spiro atoms. The number of likely N-dealkylation sites (tertiary alicyclic amines) is 1. The molecule has 0 aromatic carbocycles. The lowest BCUT2D eigenvalue weighted by molar-refractivity contribution is -0.0833. The van der Waals surface area contributed by atoms with E-state index >= 15 is 0 Å². The number of hydrogen-bond acceptors (Lipinski definition) is 4. The summed E-state index contributed by atoms with van der Waals surface area (Å²) in [5.74, 6) is 1.61. The van der Waals surface area contributed by atoms with Crippen molar-refractivity contribution in [3.63, 3.8) is 0 Å². The van der Waals surface area contributed by atoms with Gasteiger partial charge in [0.25, 0.3) is 0 Å². The highest BCUT2D eigenvalue weighted by atomic mass is 16.6. The zero-order valence-electron chi connectivity index (χ0n) is 14.7. The predicted octanol–water partition coefficient (Wildman–Crippen LogP) is 1.15. The van der Waals surface area contributed by atoms with E-state index < -0.39 is 0 Å². The molecule has 134 valence electrons. The lowest BCUT2D eigenvalue weighted by Gasteiger charge is -2.39. The van der Waals surface area contributed by atoms with Crippen LogP contribution in [0.5, 0.6) is 0 Å². The fourth-order valence-corrected chi connectivity index (χ4v) is 3.35. The van der Waals surface area contributed by atoms with Crippen molar-refractivity contribution in [2.75, 3.05) is 46.0 Å². The molecule has 3 atom stereocenters. The molecule has 2 fully saturated rings. The number of nitrogens with zero attached hydrogens (tertiary/aromatic N) is 4. The molecule has 0 radical (unpaired) electrons. The standard InChI is InChI=1S/C17H29N5O2/c1-3-19-17(20-10-15-12-23-8-9-24-15)21-6-4-14(2)16(11-21)22-7-5-18-13-22/h5,7,13-16H,3-4,6,8-12H2,1-2H3,(H,19,20). The molecule has 7 heteroatoms. The maximum absolute atomic E-state index is 5.70. The fraction of sp³-hybridized carbons (Fsp3) is 0.765. The number of rotatable bonds is 4. The first-order chi connectivity index (χ1) is 11.8. The fourth-order valence-electron chi connectivity index (χ4n) is 3.35. The lowest BCUT2D eigenvalue weighted by atomic mass is 9.93. The van der Waals surface area contributed by atoms with Gasteiger partial charge in [-0.2, -0.15) is 0 Å². The Morgan fingerprint density at radius 2 is 2.33 bits per heavy atom. The van der Waals surface area contributed by atoms with Crippen molar-refractivity contribution in [1.82, 2.24) is 19.8 Å². The molecule has 7 nitrogen and oxygen atoms in total.